The van der Waals surface area contributed by atoms with Gasteiger partial charge in [0.2, 0.25) is 0 Å². The van der Waals surface area contributed by atoms with Crippen molar-refractivity contribution < 1.29 is 4.79 Å². The highest BCUT2D eigenvalue weighted by Crippen LogP contribution is 2.26. The summed E-state index contributed by atoms with van der Waals surface area (Å²) in [6.45, 7) is 8.31. The van der Waals surface area contributed by atoms with E-state index in [0.29, 0.717) is 11.6 Å². The fourth-order valence-electron chi connectivity index (χ4n) is 4.87. The van der Waals surface area contributed by atoms with Crippen LogP contribution >= 0.6 is 0 Å². The van der Waals surface area contributed by atoms with Gasteiger partial charge in [0.05, 0.1) is 0 Å². The quantitative estimate of drug-likeness (QED) is 0.657. The van der Waals surface area contributed by atoms with Crippen molar-refractivity contribution in [3.05, 3.63) is 82.8 Å². The van der Waals surface area contributed by atoms with E-state index in [1.54, 1.807) is 17.3 Å². The van der Waals surface area contributed by atoms with Crippen LogP contribution < -0.4 is 10.2 Å². The third-order valence-corrected chi connectivity index (χ3v) is 7.04. The summed E-state index contributed by atoms with van der Waals surface area (Å²) < 4.78 is 0. The first-order valence-electron chi connectivity index (χ1n) is 13.0. The van der Waals surface area contributed by atoms with Crippen LogP contribution in [0, 0.1) is 0 Å². The lowest BCUT2D eigenvalue weighted by atomic mass is 9.96. The Morgan fingerprint density at radius 1 is 1.08 bits per heavy atom. The second kappa shape index (κ2) is 11.0. The number of nitrogens with one attached hydrogen (secondary N) is 1. The molecule has 3 aliphatic rings. The molecule has 0 radical (unpaired) electrons. The van der Waals surface area contributed by atoms with Crippen molar-refractivity contribution in [3.8, 4) is 0 Å². The number of hydrogen-bond donors (Lipinski definition) is 1. The monoisotopic (exact) mass is 494 g/mol. The summed E-state index contributed by atoms with van der Waals surface area (Å²) in [5.74, 6) is 3.69. The molecule has 190 valence electrons. The zero-order valence-electron chi connectivity index (χ0n) is 21.8. The number of piperazine rings is 1. The Morgan fingerprint density at radius 3 is 2.70 bits per heavy atom. The Balaban J connectivity index is 1.34. The Morgan fingerprint density at radius 2 is 1.92 bits per heavy atom. The lowest BCUT2D eigenvalue weighted by Crippen LogP contribution is -2.49. The molecule has 1 aromatic carbocycles. The average Bonchev–Trinajstić information content (AvgIpc) is 2.90. The van der Waals surface area contributed by atoms with Gasteiger partial charge < -0.3 is 10.2 Å². The third-order valence-electron chi connectivity index (χ3n) is 7.04. The predicted molar refractivity (Wildman–Crippen MR) is 151 cm³/mol. The van der Waals surface area contributed by atoms with Crippen LogP contribution in [0.1, 0.15) is 53.7 Å². The molecule has 1 amide bonds. The Labute approximate surface area is 219 Å². The van der Waals surface area contributed by atoms with E-state index in [1.165, 1.54) is 0 Å². The summed E-state index contributed by atoms with van der Waals surface area (Å²) in [4.78, 5) is 22.6. The number of benzene rings is 1. The Hall–Kier alpha value is -3.93. The number of aromatic nitrogens is 1. The van der Waals surface area contributed by atoms with Crippen molar-refractivity contribution in [2.75, 3.05) is 38.1 Å². The summed E-state index contributed by atoms with van der Waals surface area (Å²) in [6.07, 6.45) is 13.6. The van der Waals surface area contributed by atoms with Crippen LogP contribution in [0.25, 0.3) is 17.7 Å². The zero-order valence-corrected chi connectivity index (χ0v) is 21.8. The van der Waals surface area contributed by atoms with Crippen LogP contribution in [-0.4, -0.2) is 65.9 Å². The number of hydrazone groups is 1. The SMILES string of the molecule is CC(C)N1CCN(c2cc(C(=O)N/C3=C/c4cc(C5=CN(C)N=C=C5)ccc4/C=C\CC3)ccn2)CC1. The van der Waals surface area contributed by atoms with Gasteiger partial charge in [0.15, 0.2) is 0 Å². The summed E-state index contributed by atoms with van der Waals surface area (Å²) in [6, 6.07) is 10.6. The van der Waals surface area contributed by atoms with Crippen molar-refractivity contribution in [2.45, 2.75) is 32.7 Å². The fraction of sp³-hybridized carbons (Fsp3) is 0.333. The molecular formula is C30H34N6O. The second-order valence-corrected chi connectivity index (χ2v) is 9.96. The molecule has 7 nitrogen and oxygen atoms in total. The molecule has 1 N–H and O–H groups in total. The molecule has 7 heteroatoms. The third kappa shape index (κ3) is 5.91. The number of carbonyl (C=O) groups is 1. The predicted octanol–water partition coefficient (Wildman–Crippen LogP) is 4.62. The second-order valence-electron chi connectivity index (χ2n) is 9.96. The van der Waals surface area contributed by atoms with E-state index in [4.69, 9.17) is 0 Å². The van der Waals surface area contributed by atoms with Crippen molar-refractivity contribution >= 4 is 35.3 Å². The summed E-state index contributed by atoms with van der Waals surface area (Å²) >= 11 is 0. The molecule has 2 aromatic rings. The number of pyridine rings is 1. The summed E-state index contributed by atoms with van der Waals surface area (Å²) in [5.41, 5.74) is 5.86. The van der Waals surface area contributed by atoms with E-state index < -0.39 is 0 Å². The molecule has 0 atom stereocenters. The van der Waals surface area contributed by atoms with Gasteiger partial charge >= 0.3 is 0 Å². The van der Waals surface area contributed by atoms with Gasteiger partial charge in [-0.2, -0.15) is 0 Å². The lowest BCUT2D eigenvalue weighted by Gasteiger charge is -2.37. The lowest BCUT2D eigenvalue weighted by molar-refractivity contribution is 0.0965. The van der Waals surface area contributed by atoms with E-state index in [-0.39, 0.29) is 5.91 Å². The van der Waals surface area contributed by atoms with Crippen LogP contribution in [0.15, 0.2) is 65.7 Å². The van der Waals surface area contributed by atoms with Crippen molar-refractivity contribution in [1.82, 2.24) is 20.2 Å². The zero-order chi connectivity index (χ0) is 25.8. The van der Waals surface area contributed by atoms with Crippen LogP contribution in [0.2, 0.25) is 0 Å². The number of fused-ring (bicyclic) bond motifs is 1. The van der Waals surface area contributed by atoms with Crippen molar-refractivity contribution in [3.63, 3.8) is 0 Å². The number of allylic oxidation sites excluding steroid dienone is 4. The van der Waals surface area contributed by atoms with E-state index in [2.05, 4.69) is 81.3 Å². The van der Waals surface area contributed by atoms with Gasteiger partial charge in [-0.1, -0.05) is 24.3 Å². The van der Waals surface area contributed by atoms with E-state index >= 15 is 0 Å². The largest absolute Gasteiger partial charge is 0.354 e. The average molecular weight is 495 g/mol. The first-order chi connectivity index (χ1) is 18.0. The number of rotatable bonds is 5. The number of carbonyl (C=O) groups excluding carboxylic acids is 1. The Bertz CT molecular complexity index is 1320. The molecule has 1 aromatic heterocycles. The minimum absolute atomic E-state index is 0.103. The van der Waals surface area contributed by atoms with Crippen LogP contribution in [0.5, 0.6) is 0 Å². The van der Waals surface area contributed by atoms with E-state index in [1.807, 2.05) is 25.4 Å². The standard InChI is InChI=1S/C30H34N6O/c1-22(2)35-14-16-36(17-15-35)29-20-25(10-12-31-29)30(37)33-28-7-5-4-6-23-8-9-24(18-27(23)19-28)26-11-13-32-34(3)21-26/h4,6,8-12,18-22H,5,7,14-17H2,1-3H3,(H,33,37)/b6-4-,28-19+. The van der Waals surface area contributed by atoms with Gasteiger partial charge in [-0.15, -0.1) is 5.10 Å². The molecule has 1 saturated heterocycles. The van der Waals surface area contributed by atoms with Gasteiger partial charge in [-0.05, 0) is 67.7 Å². The minimum Gasteiger partial charge on any atom is -0.354 e. The van der Waals surface area contributed by atoms with Gasteiger partial charge in [0, 0.05) is 80.4 Å². The molecule has 37 heavy (non-hydrogen) atoms. The number of hydrogen-bond acceptors (Lipinski definition) is 6. The van der Waals surface area contributed by atoms with Crippen molar-refractivity contribution in [1.29, 1.82) is 0 Å². The van der Waals surface area contributed by atoms with Crippen LogP contribution in [0.3, 0.4) is 0 Å². The molecule has 5 rings (SSSR count). The van der Waals surface area contributed by atoms with E-state index in [9.17, 15) is 4.79 Å². The minimum atomic E-state index is -0.103. The fourth-order valence-corrected chi connectivity index (χ4v) is 4.87. The number of nitrogens with zero attached hydrogens (tertiary/aromatic N) is 5. The van der Waals surface area contributed by atoms with Gasteiger partial charge in [-0.25, -0.2) is 4.98 Å². The highest BCUT2D eigenvalue weighted by Gasteiger charge is 2.21. The molecule has 0 saturated carbocycles. The maximum absolute atomic E-state index is 13.3. The smallest absolute Gasteiger partial charge is 0.255 e. The molecule has 0 bridgehead atoms. The van der Waals surface area contributed by atoms with Gasteiger partial charge in [0.25, 0.3) is 5.91 Å². The van der Waals surface area contributed by atoms with Gasteiger partial charge in [-0.3, -0.25) is 14.7 Å². The number of anilines is 1. The molecule has 3 heterocycles. The highest BCUT2D eigenvalue weighted by atomic mass is 16.1. The maximum atomic E-state index is 13.3. The topological polar surface area (TPSA) is 64.1 Å². The highest BCUT2D eigenvalue weighted by molar-refractivity contribution is 5.96. The Kier molecular flexibility index (Phi) is 7.35. The molecule has 1 aliphatic carbocycles. The first-order valence-corrected chi connectivity index (χ1v) is 13.0. The van der Waals surface area contributed by atoms with E-state index in [0.717, 1.165) is 72.8 Å². The number of amides is 1. The summed E-state index contributed by atoms with van der Waals surface area (Å²) in [7, 11) is 1.89. The maximum Gasteiger partial charge on any atom is 0.255 e. The van der Waals surface area contributed by atoms with Crippen molar-refractivity contribution in [2.24, 2.45) is 5.10 Å². The molecule has 0 unspecified atom stereocenters. The van der Waals surface area contributed by atoms with Crippen LogP contribution in [-0.2, 0) is 0 Å². The molecule has 2 aliphatic heterocycles. The van der Waals surface area contributed by atoms with Crippen LogP contribution in [0.4, 0.5) is 5.82 Å². The normalized spacial score (nSPS) is 20.0. The molecule has 0 spiro atoms. The first kappa shape index (κ1) is 24.8. The summed E-state index contributed by atoms with van der Waals surface area (Å²) in [5, 5.41) is 9.04. The molecule has 1 fully saturated rings. The molecular weight excluding hydrogens is 460 g/mol. The van der Waals surface area contributed by atoms with Gasteiger partial charge in [0.1, 0.15) is 5.82 Å².